The van der Waals surface area contributed by atoms with Crippen molar-refractivity contribution in [2.24, 2.45) is 5.92 Å². The van der Waals surface area contributed by atoms with E-state index in [2.05, 4.69) is 15.9 Å². The van der Waals surface area contributed by atoms with Crippen LogP contribution in [-0.2, 0) is 21.0 Å². The number of imide groups is 1. The maximum absolute atomic E-state index is 13.9. The van der Waals surface area contributed by atoms with Gasteiger partial charge in [-0.25, -0.2) is 9.45 Å². The van der Waals surface area contributed by atoms with Crippen molar-refractivity contribution in [2.75, 3.05) is 5.06 Å². The van der Waals surface area contributed by atoms with Crippen molar-refractivity contribution in [3.63, 3.8) is 0 Å². The zero-order valence-corrected chi connectivity index (χ0v) is 17.9. The van der Waals surface area contributed by atoms with Gasteiger partial charge in [-0.3, -0.25) is 19.3 Å². The van der Waals surface area contributed by atoms with E-state index in [4.69, 9.17) is 4.84 Å². The fourth-order valence-electron chi connectivity index (χ4n) is 4.23. The quantitative estimate of drug-likeness (QED) is 0.510. The van der Waals surface area contributed by atoms with Gasteiger partial charge in [0.05, 0.1) is 22.7 Å². The van der Waals surface area contributed by atoms with E-state index in [9.17, 15) is 14.0 Å². The molecule has 156 valence electrons. The van der Waals surface area contributed by atoms with Crippen LogP contribution >= 0.6 is 15.9 Å². The summed E-state index contributed by atoms with van der Waals surface area (Å²) in [7, 11) is 0. The Kier molecular flexibility index (Phi) is 5.08. The first-order valence-electron chi connectivity index (χ1n) is 9.90. The summed E-state index contributed by atoms with van der Waals surface area (Å²) in [5.74, 6) is -1.77. The zero-order chi connectivity index (χ0) is 21.5. The van der Waals surface area contributed by atoms with Crippen molar-refractivity contribution in [3.05, 3.63) is 100 Å². The molecule has 0 bridgehead atoms. The van der Waals surface area contributed by atoms with Crippen LogP contribution in [0.3, 0.4) is 0 Å². The van der Waals surface area contributed by atoms with Crippen molar-refractivity contribution in [2.45, 2.75) is 18.7 Å². The molecule has 2 aliphatic heterocycles. The molecule has 5 nitrogen and oxygen atoms in total. The third-order valence-electron chi connectivity index (χ3n) is 5.69. The van der Waals surface area contributed by atoms with Crippen LogP contribution in [0.2, 0.25) is 0 Å². The molecule has 31 heavy (non-hydrogen) atoms. The second-order valence-electron chi connectivity index (χ2n) is 7.58. The lowest BCUT2D eigenvalue weighted by molar-refractivity contribution is -0.143. The smallest absolute Gasteiger partial charge is 0.262 e. The Balaban J connectivity index is 1.54. The molecule has 0 radical (unpaired) electrons. The number of anilines is 1. The Morgan fingerprint density at radius 1 is 0.903 bits per heavy atom. The lowest BCUT2D eigenvalue weighted by Gasteiger charge is -2.29. The van der Waals surface area contributed by atoms with E-state index in [1.807, 2.05) is 60.7 Å². The lowest BCUT2D eigenvalue weighted by atomic mass is 9.90. The molecule has 2 saturated heterocycles. The highest BCUT2D eigenvalue weighted by Gasteiger charge is 2.59. The minimum absolute atomic E-state index is 0.194. The number of benzene rings is 3. The van der Waals surface area contributed by atoms with E-state index in [1.165, 1.54) is 11.0 Å². The number of para-hydroxylation sites is 1. The highest BCUT2D eigenvalue weighted by Crippen LogP contribution is 2.47. The van der Waals surface area contributed by atoms with Crippen LogP contribution in [-0.4, -0.2) is 22.8 Å². The minimum Gasteiger partial charge on any atom is -0.275 e. The fraction of sp³-hybridized carbons (Fsp3) is 0.167. The number of rotatable bonds is 4. The van der Waals surface area contributed by atoms with E-state index in [0.717, 1.165) is 11.3 Å². The molecule has 5 rings (SSSR count). The predicted molar refractivity (Wildman–Crippen MR) is 116 cm³/mol. The number of nitrogens with zero attached hydrogens (tertiary/aromatic N) is 2. The topological polar surface area (TPSA) is 49.9 Å². The molecular weight excluding hydrogens is 463 g/mol. The van der Waals surface area contributed by atoms with Gasteiger partial charge in [0.2, 0.25) is 5.91 Å². The summed E-state index contributed by atoms with van der Waals surface area (Å²) in [6.07, 6.45) is -0.926. The first-order chi connectivity index (χ1) is 15.0. The second kappa shape index (κ2) is 7.90. The van der Waals surface area contributed by atoms with Crippen LogP contribution in [0.5, 0.6) is 0 Å². The molecule has 3 aromatic rings. The van der Waals surface area contributed by atoms with Crippen LogP contribution in [0.15, 0.2) is 83.3 Å². The van der Waals surface area contributed by atoms with Crippen molar-refractivity contribution in [1.29, 1.82) is 0 Å². The number of likely N-dealkylation sites (tertiary alicyclic amines) is 1. The summed E-state index contributed by atoms with van der Waals surface area (Å²) < 4.78 is 14.2. The van der Waals surface area contributed by atoms with Gasteiger partial charge in [0.1, 0.15) is 11.7 Å². The van der Waals surface area contributed by atoms with E-state index in [-0.39, 0.29) is 18.4 Å². The van der Waals surface area contributed by atoms with Crippen LogP contribution in [0, 0.1) is 11.7 Å². The number of fused-ring (bicyclic) bond motifs is 1. The van der Waals surface area contributed by atoms with Gasteiger partial charge in [-0.1, -0.05) is 54.6 Å². The van der Waals surface area contributed by atoms with Crippen molar-refractivity contribution >= 4 is 33.4 Å². The molecule has 0 saturated carbocycles. The van der Waals surface area contributed by atoms with Crippen LogP contribution < -0.4 is 5.06 Å². The third kappa shape index (κ3) is 3.43. The number of hydrogen-bond donors (Lipinski definition) is 0. The Morgan fingerprint density at radius 3 is 2.26 bits per heavy atom. The van der Waals surface area contributed by atoms with Gasteiger partial charge in [-0.15, -0.1) is 0 Å². The van der Waals surface area contributed by atoms with Gasteiger partial charge in [0, 0.05) is 0 Å². The van der Waals surface area contributed by atoms with Gasteiger partial charge < -0.3 is 0 Å². The summed E-state index contributed by atoms with van der Waals surface area (Å²) in [6.45, 7) is 0.194. The molecule has 0 N–H and O–H groups in total. The normalized spacial score (nSPS) is 22.8. The average molecular weight is 481 g/mol. The molecule has 2 heterocycles. The first-order valence-corrected chi connectivity index (χ1v) is 10.7. The maximum atomic E-state index is 13.9. The Bertz CT molecular complexity index is 1140. The van der Waals surface area contributed by atoms with E-state index in [1.54, 1.807) is 17.2 Å². The van der Waals surface area contributed by atoms with Crippen LogP contribution in [0.1, 0.15) is 17.2 Å². The fourth-order valence-corrected chi connectivity index (χ4v) is 4.62. The largest absolute Gasteiger partial charge is 0.275 e. The zero-order valence-electron chi connectivity index (χ0n) is 16.3. The summed E-state index contributed by atoms with van der Waals surface area (Å²) in [6, 6.07) is 22.7. The molecule has 2 amide bonds. The van der Waals surface area contributed by atoms with Gasteiger partial charge >= 0.3 is 0 Å². The number of carbonyl (C=O) groups is 2. The molecule has 0 unspecified atom stereocenters. The molecule has 0 aliphatic carbocycles. The molecule has 7 heteroatoms. The first kappa shape index (κ1) is 19.9. The van der Waals surface area contributed by atoms with E-state index in [0.29, 0.717) is 10.0 Å². The van der Waals surface area contributed by atoms with E-state index >= 15 is 0 Å². The van der Waals surface area contributed by atoms with Gasteiger partial charge in [-0.05, 0) is 51.3 Å². The SMILES string of the molecule is O=C1[C@@H]2[C@@H](c3ccc(F)c(Br)c3)N(c3ccccc3)O[C@H]2C(=O)N1Cc1ccccc1. The number of hydrogen-bond acceptors (Lipinski definition) is 4. The standard InChI is InChI=1S/C24H18BrFN2O3/c25-18-13-16(11-12-19(18)26)21-20-22(31-28(21)17-9-5-2-6-10-17)24(30)27(23(20)29)14-15-7-3-1-4-8-15/h1-13,20-22H,14H2/t20-,21-,22-/m1/s1. The summed E-state index contributed by atoms with van der Waals surface area (Å²) >= 11 is 3.23. The monoisotopic (exact) mass is 480 g/mol. The minimum atomic E-state index is -0.926. The Morgan fingerprint density at radius 2 is 1.58 bits per heavy atom. The van der Waals surface area contributed by atoms with Crippen molar-refractivity contribution in [1.82, 2.24) is 4.90 Å². The summed E-state index contributed by atoms with van der Waals surface area (Å²) in [4.78, 5) is 33.9. The van der Waals surface area contributed by atoms with Gasteiger partial charge in [-0.2, -0.15) is 0 Å². The molecule has 0 aromatic heterocycles. The molecule has 3 aromatic carbocycles. The average Bonchev–Trinajstić information content (AvgIpc) is 3.29. The highest BCUT2D eigenvalue weighted by atomic mass is 79.9. The summed E-state index contributed by atoms with van der Waals surface area (Å²) in [5, 5.41) is 1.60. The van der Waals surface area contributed by atoms with Crippen LogP contribution in [0.4, 0.5) is 10.1 Å². The second-order valence-corrected chi connectivity index (χ2v) is 8.43. The Labute approximate surface area is 187 Å². The predicted octanol–water partition coefficient (Wildman–Crippen LogP) is 4.63. The van der Waals surface area contributed by atoms with Crippen LogP contribution in [0.25, 0.3) is 0 Å². The van der Waals surface area contributed by atoms with Crippen molar-refractivity contribution < 1.29 is 18.8 Å². The molecule has 3 atom stereocenters. The molecular formula is C24H18BrFN2O3. The maximum Gasteiger partial charge on any atom is 0.262 e. The molecule has 2 aliphatic rings. The number of halogens is 2. The van der Waals surface area contributed by atoms with Crippen molar-refractivity contribution in [3.8, 4) is 0 Å². The number of hydroxylamine groups is 1. The summed E-state index contributed by atoms with van der Waals surface area (Å²) in [5.41, 5.74) is 2.27. The molecule has 2 fully saturated rings. The van der Waals surface area contributed by atoms with E-state index < -0.39 is 23.9 Å². The third-order valence-corrected chi connectivity index (χ3v) is 6.29. The Hall–Kier alpha value is -3.03. The van der Waals surface area contributed by atoms with Gasteiger partial charge in [0.25, 0.3) is 5.91 Å². The highest BCUT2D eigenvalue weighted by molar-refractivity contribution is 9.10. The lowest BCUT2D eigenvalue weighted by Crippen LogP contribution is -2.36. The number of carbonyl (C=O) groups excluding carboxylic acids is 2. The molecule has 0 spiro atoms. The van der Waals surface area contributed by atoms with Gasteiger partial charge in [0.15, 0.2) is 6.10 Å². The number of amides is 2.